The highest BCUT2D eigenvalue weighted by Gasteiger charge is 2.33. The highest BCUT2D eigenvalue weighted by Crippen LogP contribution is 2.31. The summed E-state index contributed by atoms with van der Waals surface area (Å²) in [7, 11) is 0. The van der Waals surface area contributed by atoms with E-state index in [0.717, 1.165) is 40.2 Å². The summed E-state index contributed by atoms with van der Waals surface area (Å²) in [5.74, 6) is -0.448. The Hall–Kier alpha value is -3.97. The first-order chi connectivity index (χ1) is 18.7. The van der Waals surface area contributed by atoms with Gasteiger partial charge in [0.1, 0.15) is 0 Å². The Labute approximate surface area is 232 Å². The molecule has 6 nitrogen and oxygen atoms in total. The molecule has 0 spiro atoms. The molecule has 1 aliphatic heterocycles. The molecule has 0 amide bonds. The van der Waals surface area contributed by atoms with Crippen molar-refractivity contribution in [2.45, 2.75) is 54.0 Å². The highest BCUT2D eigenvalue weighted by molar-refractivity contribution is 7.07. The van der Waals surface area contributed by atoms with Gasteiger partial charge in [-0.25, -0.2) is 9.79 Å². The van der Waals surface area contributed by atoms with Crippen molar-refractivity contribution >= 4 is 23.4 Å². The van der Waals surface area contributed by atoms with Gasteiger partial charge in [0.2, 0.25) is 0 Å². The summed E-state index contributed by atoms with van der Waals surface area (Å²) in [6.07, 6.45) is 2.94. The van der Waals surface area contributed by atoms with Crippen molar-refractivity contribution in [2.75, 3.05) is 6.61 Å². The lowest BCUT2D eigenvalue weighted by Crippen LogP contribution is -2.39. The molecule has 5 rings (SSSR count). The zero-order valence-corrected chi connectivity index (χ0v) is 24.1. The lowest BCUT2D eigenvalue weighted by atomic mass is 9.95. The Balaban J connectivity index is 1.66. The third-order valence-corrected chi connectivity index (χ3v) is 8.25. The molecule has 0 N–H and O–H groups in total. The van der Waals surface area contributed by atoms with Crippen LogP contribution in [0.15, 0.2) is 75.7 Å². The van der Waals surface area contributed by atoms with Gasteiger partial charge in [-0.15, -0.1) is 0 Å². The lowest BCUT2D eigenvalue weighted by Gasteiger charge is -2.24. The number of carbonyl (C=O) groups is 1. The van der Waals surface area contributed by atoms with Crippen LogP contribution >= 0.6 is 11.3 Å². The van der Waals surface area contributed by atoms with Crippen molar-refractivity contribution in [1.29, 1.82) is 0 Å². The number of nitrogens with zero attached hydrogens (tertiary/aromatic N) is 3. The van der Waals surface area contributed by atoms with Gasteiger partial charge in [0.15, 0.2) is 4.80 Å². The molecule has 0 aliphatic carbocycles. The largest absolute Gasteiger partial charge is 0.463 e. The first kappa shape index (κ1) is 26.6. The molecular weight excluding hydrogens is 506 g/mol. The van der Waals surface area contributed by atoms with Crippen LogP contribution in [0.1, 0.15) is 60.5 Å². The molecule has 1 aliphatic rings. The predicted octanol–water partition coefficient (Wildman–Crippen LogP) is 5.08. The minimum atomic E-state index is -0.604. The summed E-state index contributed by atoms with van der Waals surface area (Å²) in [4.78, 5) is 32.3. The fourth-order valence-corrected chi connectivity index (χ4v) is 6.25. The molecule has 2 aromatic carbocycles. The molecule has 2 aromatic heterocycles. The Morgan fingerprint density at radius 1 is 1.03 bits per heavy atom. The number of rotatable bonds is 6. The van der Waals surface area contributed by atoms with Crippen LogP contribution in [0.25, 0.3) is 11.8 Å². The maximum absolute atomic E-state index is 13.9. The molecule has 0 bridgehead atoms. The van der Waals surface area contributed by atoms with E-state index in [1.807, 2.05) is 44.2 Å². The Morgan fingerprint density at radius 2 is 1.72 bits per heavy atom. The second-order valence-corrected chi connectivity index (χ2v) is 10.9. The monoisotopic (exact) mass is 539 g/mol. The molecule has 0 unspecified atom stereocenters. The van der Waals surface area contributed by atoms with Crippen LogP contribution in [0, 0.1) is 20.8 Å². The quantitative estimate of drug-likeness (QED) is 0.321. The number of allylic oxidation sites excluding steroid dienone is 1. The molecule has 0 fully saturated rings. The van der Waals surface area contributed by atoms with Crippen LogP contribution in [0.3, 0.4) is 0 Å². The molecule has 7 heteroatoms. The van der Waals surface area contributed by atoms with E-state index in [9.17, 15) is 9.59 Å². The average Bonchev–Trinajstić information content (AvgIpc) is 3.37. The molecular formula is C32H33N3O3S. The van der Waals surface area contributed by atoms with E-state index < -0.39 is 12.0 Å². The summed E-state index contributed by atoms with van der Waals surface area (Å²) < 4.78 is 9.82. The fourth-order valence-electron chi connectivity index (χ4n) is 5.21. The summed E-state index contributed by atoms with van der Waals surface area (Å²) in [5, 5.41) is 0. The SMILES string of the molecule is CCOC(=O)C1=C(C)N=c2s/c(=C/c3cc(C)n(-c4ccc(CC)cc4)c3C)c(=O)n2[C@H]1c1ccc(C)cc1. The lowest BCUT2D eigenvalue weighted by molar-refractivity contribution is -0.139. The zero-order valence-electron chi connectivity index (χ0n) is 23.2. The molecule has 0 saturated heterocycles. The van der Waals surface area contributed by atoms with Crippen LogP contribution in [-0.2, 0) is 16.0 Å². The number of thiazole rings is 1. The summed E-state index contributed by atoms with van der Waals surface area (Å²) in [6, 6.07) is 18.0. The normalized spacial score (nSPS) is 15.3. The number of hydrogen-bond donors (Lipinski definition) is 0. The van der Waals surface area contributed by atoms with Gasteiger partial charge in [0.25, 0.3) is 5.56 Å². The maximum Gasteiger partial charge on any atom is 0.338 e. The summed E-state index contributed by atoms with van der Waals surface area (Å²) >= 11 is 1.35. The average molecular weight is 540 g/mol. The van der Waals surface area contributed by atoms with Crippen LogP contribution in [0.4, 0.5) is 0 Å². The first-order valence-electron chi connectivity index (χ1n) is 13.3. The Morgan fingerprint density at radius 3 is 2.36 bits per heavy atom. The number of carbonyl (C=O) groups excluding carboxylic acids is 1. The molecule has 39 heavy (non-hydrogen) atoms. The van der Waals surface area contributed by atoms with E-state index in [2.05, 4.69) is 55.7 Å². The van der Waals surface area contributed by atoms with Crippen molar-refractivity contribution < 1.29 is 9.53 Å². The van der Waals surface area contributed by atoms with Crippen LogP contribution in [-0.4, -0.2) is 21.7 Å². The number of esters is 1. The molecule has 200 valence electrons. The van der Waals surface area contributed by atoms with Gasteiger partial charge in [0, 0.05) is 17.1 Å². The van der Waals surface area contributed by atoms with Gasteiger partial charge >= 0.3 is 5.97 Å². The topological polar surface area (TPSA) is 65.6 Å². The van der Waals surface area contributed by atoms with Crippen LogP contribution < -0.4 is 14.9 Å². The zero-order chi connectivity index (χ0) is 27.8. The van der Waals surface area contributed by atoms with Crippen LogP contribution in [0.2, 0.25) is 0 Å². The van der Waals surface area contributed by atoms with E-state index in [1.165, 1.54) is 16.9 Å². The van der Waals surface area contributed by atoms with Crippen molar-refractivity contribution in [2.24, 2.45) is 4.99 Å². The van der Waals surface area contributed by atoms with Gasteiger partial charge in [-0.3, -0.25) is 9.36 Å². The number of ether oxygens (including phenoxy) is 1. The molecule has 0 radical (unpaired) electrons. The Bertz CT molecular complexity index is 1770. The Kier molecular flexibility index (Phi) is 7.28. The minimum absolute atomic E-state index is 0.171. The molecule has 3 heterocycles. The van der Waals surface area contributed by atoms with Gasteiger partial charge in [-0.05, 0) is 82.0 Å². The van der Waals surface area contributed by atoms with E-state index in [-0.39, 0.29) is 12.2 Å². The van der Waals surface area contributed by atoms with E-state index in [4.69, 9.17) is 9.73 Å². The number of hydrogen-bond acceptors (Lipinski definition) is 5. The summed E-state index contributed by atoms with van der Waals surface area (Å²) in [6.45, 7) is 12.1. The molecule has 4 aromatic rings. The second-order valence-electron chi connectivity index (χ2n) is 9.89. The van der Waals surface area contributed by atoms with E-state index in [0.29, 0.717) is 20.6 Å². The predicted molar refractivity (Wildman–Crippen MR) is 156 cm³/mol. The van der Waals surface area contributed by atoms with E-state index in [1.54, 1.807) is 11.5 Å². The second kappa shape index (κ2) is 10.7. The van der Waals surface area contributed by atoms with Crippen molar-refractivity contribution in [3.05, 3.63) is 119 Å². The third kappa shape index (κ3) is 4.83. The standard InChI is InChI=1S/C32H33N3O3S/c1-7-23-11-15-26(16-12-23)34-20(4)17-25(22(34)6)18-27-30(36)35-29(24-13-9-19(3)10-14-24)28(31(37)38-8-2)21(5)33-32(35)39-27/h9-18,29H,7-8H2,1-6H3/b27-18+/t29-/m0/s1. The van der Waals surface area contributed by atoms with E-state index >= 15 is 0 Å². The van der Waals surface area contributed by atoms with Gasteiger partial charge in [-0.1, -0.05) is 60.2 Å². The smallest absolute Gasteiger partial charge is 0.338 e. The minimum Gasteiger partial charge on any atom is -0.463 e. The number of benzene rings is 2. The molecule has 0 saturated carbocycles. The van der Waals surface area contributed by atoms with Crippen molar-refractivity contribution in [1.82, 2.24) is 9.13 Å². The highest BCUT2D eigenvalue weighted by atomic mass is 32.1. The third-order valence-electron chi connectivity index (χ3n) is 7.27. The number of aryl methyl sites for hydroxylation is 3. The summed E-state index contributed by atoms with van der Waals surface area (Å²) in [5.41, 5.74) is 8.26. The van der Waals surface area contributed by atoms with Gasteiger partial charge in [0.05, 0.1) is 28.5 Å². The maximum atomic E-state index is 13.9. The molecule has 1 atom stereocenters. The number of fused-ring (bicyclic) bond motifs is 1. The van der Waals surface area contributed by atoms with Gasteiger partial charge < -0.3 is 9.30 Å². The van der Waals surface area contributed by atoms with Crippen molar-refractivity contribution in [3.8, 4) is 5.69 Å². The van der Waals surface area contributed by atoms with Crippen LogP contribution in [0.5, 0.6) is 0 Å². The van der Waals surface area contributed by atoms with Crippen molar-refractivity contribution in [3.63, 3.8) is 0 Å². The first-order valence-corrected chi connectivity index (χ1v) is 14.1. The number of aromatic nitrogens is 2. The fraction of sp³-hybridized carbons (Fsp3) is 0.281. The van der Waals surface area contributed by atoms with Gasteiger partial charge in [-0.2, -0.15) is 0 Å².